The Bertz CT molecular complexity index is 568. The third-order valence-corrected chi connectivity index (χ3v) is 7.25. The summed E-state index contributed by atoms with van der Waals surface area (Å²) in [4.78, 5) is 0. The molecule has 0 saturated carbocycles. The highest BCUT2D eigenvalue weighted by atomic mass is 16.7. The number of hydrogen-bond acceptors (Lipinski definition) is 3. The van der Waals surface area contributed by atoms with E-state index in [1.165, 1.54) is 56.9 Å². The second-order valence-corrected chi connectivity index (χ2v) is 9.87. The van der Waals surface area contributed by atoms with E-state index >= 15 is 0 Å². The van der Waals surface area contributed by atoms with Crippen LogP contribution in [0.1, 0.15) is 110 Å². The Hall–Kier alpha value is -0.900. The van der Waals surface area contributed by atoms with E-state index in [1.54, 1.807) is 0 Å². The van der Waals surface area contributed by atoms with Crippen molar-refractivity contribution >= 4 is 0 Å². The van der Waals surface area contributed by atoms with Gasteiger partial charge in [0.15, 0.2) is 5.79 Å². The summed E-state index contributed by atoms with van der Waals surface area (Å²) in [6.07, 6.45) is 14.6. The molecular weight excluding hydrogens is 396 g/mol. The molecule has 0 aromatic heterocycles. The van der Waals surface area contributed by atoms with Crippen molar-refractivity contribution in [1.29, 1.82) is 0 Å². The normalized spacial score (nSPS) is 16.6. The molecule has 32 heavy (non-hydrogen) atoms. The van der Waals surface area contributed by atoms with Gasteiger partial charge >= 0.3 is 0 Å². The highest BCUT2D eigenvalue weighted by molar-refractivity contribution is 5.21. The molecule has 0 N–H and O–H groups in total. The van der Waals surface area contributed by atoms with E-state index in [1.807, 2.05) is 0 Å². The Morgan fingerprint density at radius 1 is 0.812 bits per heavy atom. The molecule has 1 aliphatic heterocycles. The average molecular weight is 447 g/mol. The summed E-state index contributed by atoms with van der Waals surface area (Å²) < 4.78 is 19.1. The first-order valence-corrected chi connectivity index (χ1v) is 13.6. The molecule has 1 saturated heterocycles. The van der Waals surface area contributed by atoms with Crippen LogP contribution in [0.25, 0.3) is 0 Å². The fourth-order valence-electron chi connectivity index (χ4n) is 4.95. The molecule has 1 heterocycles. The first-order chi connectivity index (χ1) is 15.7. The minimum atomic E-state index is -0.643. The lowest BCUT2D eigenvalue weighted by Gasteiger charge is -2.45. The lowest BCUT2D eigenvalue weighted by atomic mass is 9.74. The largest absolute Gasteiger partial charge is 0.380 e. The van der Waals surface area contributed by atoms with Crippen LogP contribution in [0.2, 0.25) is 0 Å². The van der Waals surface area contributed by atoms with Crippen molar-refractivity contribution in [2.24, 2.45) is 11.3 Å². The average Bonchev–Trinajstić information content (AvgIpc) is 2.80. The molecule has 3 heteroatoms. The van der Waals surface area contributed by atoms with Gasteiger partial charge in [0.2, 0.25) is 0 Å². The van der Waals surface area contributed by atoms with Gasteiger partial charge in [0.25, 0.3) is 0 Å². The lowest BCUT2D eigenvalue weighted by Crippen LogP contribution is -2.45. The fraction of sp³-hybridized carbons (Fsp3) is 0.793. The van der Waals surface area contributed by atoms with Gasteiger partial charge in [0.05, 0.1) is 26.4 Å². The molecule has 184 valence electrons. The summed E-state index contributed by atoms with van der Waals surface area (Å²) in [5, 5.41) is 0. The molecule has 1 aromatic carbocycles. The number of rotatable bonds is 19. The highest BCUT2D eigenvalue weighted by Gasteiger charge is 2.45. The topological polar surface area (TPSA) is 27.7 Å². The molecule has 0 amide bonds. The molecule has 1 unspecified atom stereocenters. The van der Waals surface area contributed by atoms with Crippen LogP contribution >= 0.6 is 0 Å². The SMILES string of the molecule is CCCCCCCCC(CCC1(CC)COC1)C(OCCC)(OCCC)c1ccccc1. The fourth-order valence-corrected chi connectivity index (χ4v) is 4.95. The number of unbranched alkanes of at least 4 members (excludes halogenated alkanes) is 5. The lowest BCUT2D eigenvalue weighted by molar-refractivity contribution is -0.283. The highest BCUT2D eigenvalue weighted by Crippen LogP contribution is 2.45. The van der Waals surface area contributed by atoms with E-state index < -0.39 is 5.79 Å². The number of benzene rings is 1. The van der Waals surface area contributed by atoms with Crippen molar-refractivity contribution in [2.75, 3.05) is 26.4 Å². The van der Waals surface area contributed by atoms with Crippen LogP contribution in [0.15, 0.2) is 30.3 Å². The molecule has 1 aromatic rings. The number of hydrogen-bond donors (Lipinski definition) is 0. The summed E-state index contributed by atoms with van der Waals surface area (Å²) >= 11 is 0. The van der Waals surface area contributed by atoms with Crippen LogP contribution in [-0.4, -0.2) is 26.4 Å². The number of ether oxygens (including phenoxy) is 3. The van der Waals surface area contributed by atoms with Gasteiger partial charge in [-0.1, -0.05) is 96.6 Å². The Morgan fingerprint density at radius 3 is 1.97 bits per heavy atom. The van der Waals surface area contributed by atoms with E-state index in [-0.39, 0.29) is 0 Å². The quantitative estimate of drug-likeness (QED) is 0.158. The molecule has 2 rings (SSSR count). The van der Waals surface area contributed by atoms with Crippen molar-refractivity contribution in [3.05, 3.63) is 35.9 Å². The summed E-state index contributed by atoms with van der Waals surface area (Å²) in [5.74, 6) is -0.283. The van der Waals surface area contributed by atoms with Gasteiger partial charge in [-0.15, -0.1) is 0 Å². The van der Waals surface area contributed by atoms with Gasteiger partial charge in [0.1, 0.15) is 0 Å². The smallest absolute Gasteiger partial charge is 0.197 e. The maximum Gasteiger partial charge on any atom is 0.197 e. The van der Waals surface area contributed by atoms with E-state index in [2.05, 4.69) is 58.0 Å². The van der Waals surface area contributed by atoms with Crippen LogP contribution in [0.4, 0.5) is 0 Å². The van der Waals surface area contributed by atoms with Crippen molar-refractivity contribution in [1.82, 2.24) is 0 Å². The van der Waals surface area contributed by atoms with Gasteiger partial charge in [0, 0.05) is 16.9 Å². The van der Waals surface area contributed by atoms with E-state index in [0.717, 1.165) is 52.1 Å². The minimum absolute atomic E-state index is 0.358. The molecule has 1 atom stereocenters. The summed E-state index contributed by atoms with van der Waals surface area (Å²) in [7, 11) is 0. The predicted molar refractivity (Wildman–Crippen MR) is 135 cm³/mol. The van der Waals surface area contributed by atoms with Crippen LogP contribution in [0.5, 0.6) is 0 Å². The van der Waals surface area contributed by atoms with E-state index in [0.29, 0.717) is 11.3 Å². The Balaban J connectivity index is 2.25. The molecule has 3 nitrogen and oxygen atoms in total. The summed E-state index contributed by atoms with van der Waals surface area (Å²) in [6.45, 7) is 12.3. The zero-order chi connectivity index (χ0) is 23.1. The molecule has 0 bridgehead atoms. The summed E-state index contributed by atoms with van der Waals surface area (Å²) in [5.41, 5.74) is 1.55. The van der Waals surface area contributed by atoms with Crippen LogP contribution in [0.3, 0.4) is 0 Å². The van der Waals surface area contributed by atoms with Crippen molar-refractivity contribution in [3.63, 3.8) is 0 Å². The van der Waals surface area contributed by atoms with Crippen molar-refractivity contribution < 1.29 is 14.2 Å². The monoisotopic (exact) mass is 446 g/mol. The van der Waals surface area contributed by atoms with Crippen molar-refractivity contribution in [2.45, 2.75) is 111 Å². The van der Waals surface area contributed by atoms with Crippen molar-refractivity contribution in [3.8, 4) is 0 Å². The third-order valence-electron chi connectivity index (χ3n) is 7.25. The van der Waals surface area contributed by atoms with Gasteiger partial charge in [-0.25, -0.2) is 0 Å². The summed E-state index contributed by atoms with van der Waals surface area (Å²) in [6, 6.07) is 10.8. The van der Waals surface area contributed by atoms with Gasteiger partial charge in [-0.3, -0.25) is 0 Å². The Morgan fingerprint density at radius 2 is 1.44 bits per heavy atom. The predicted octanol–water partition coefficient (Wildman–Crippen LogP) is 8.27. The second kappa shape index (κ2) is 15.1. The zero-order valence-corrected chi connectivity index (χ0v) is 21.5. The molecular formula is C29H50O3. The zero-order valence-electron chi connectivity index (χ0n) is 21.5. The molecule has 1 aliphatic rings. The standard InChI is InChI=1S/C29H50O3/c1-5-9-10-11-12-14-19-27(20-21-28(8-4)24-30-25-28)29(31-22-6-2,32-23-7-3)26-17-15-13-16-18-26/h13,15-18,27H,5-12,14,19-25H2,1-4H3. The Labute approximate surface area is 198 Å². The van der Waals surface area contributed by atoms with Crippen LogP contribution < -0.4 is 0 Å². The van der Waals surface area contributed by atoms with Crippen LogP contribution in [-0.2, 0) is 20.0 Å². The second-order valence-electron chi connectivity index (χ2n) is 9.87. The minimum Gasteiger partial charge on any atom is -0.380 e. The maximum absolute atomic E-state index is 6.72. The molecule has 0 aliphatic carbocycles. The van der Waals surface area contributed by atoms with Gasteiger partial charge in [-0.2, -0.15) is 0 Å². The van der Waals surface area contributed by atoms with Gasteiger partial charge < -0.3 is 14.2 Å². The third kappa shape index (κ3) is 7.85. The molecule has 1 fully saturated rings. The maximum atomic E-state index is 6.72. The van der Waals surface area contributed by atoms with E-state index in [4.69, 9.17) is 14.2 Å². The first-order valence-electron chi connectivity index (χ1n) is 13.6. The molecule has 0 radical (unpaired) electrons. The Kier molecular flexibility index (Phi) is 12.9. The van der Waals surface area contributed by atoms with Crippen LogP contribution in [0, 0.1) is 11.3 Å². The molecule has 0 spiro atoms. The van der Waals surface area contributed by atoms with E-state index in [9.17, 15) is 0 Å². The first kappa shape index (κ1) is 27.3. The van der Waals surface area contributed by atoms with Gasteiger partial charge in [-0.05, 0) is 38.5 Å².